The third kappa shape index (κ3) is 2.73. The highest BCUT2D eigenvalue weighted by atomic mass is 16.3. The van der Waals surface area contributed by atoms with Crippen molar-refractivity contribution in [2.24, 2.45) is 0 Å². The molecule has 0 aliphatic carbocycles. The first-order chi connectivity index (χ1) is 15.7. The van der Waals surface area contributed by atoms with Crippen LogP contribution in [0.4, 0.5) is 0 Å². The van der Waals surface area contributed by atoms with Crippen molar-refractivity contribution in [1.82, 2.24) is 0 Å². The van der Waals surface area contributed by atoms with Crippen LogP contribution >= 0.6 is 0 Å². The topological polar surface area (TPSA) is 40.5 Å². The smallest absolute Gasteiger partial charge is 0.131 e. The summed E-state index contributed by atoms with van der Waals surface area (Å²) in [5, 5.41) is 29.7. The molecule has 0 spiro atoms. The summed E-state index contributed by atoms with van der Waals surface area (Å²) in [4.78, 5) is 0. The molecule has 0 saturated heterocycles. The van der Waals surface area contributed by atoms with E-state index in [1.54, 1.807) is 0 Å². The molecule has 6 aromatic carbocycles. The molecule has 2 N–H and O–H groups in total. The number of hydrogen-bond acceptors (Lipinski definition) is 2. The number of aromatic hydroxyl groups is 2. The van der Waals surface area contributed by atoms with Crippen molar-refractivity contribution in [1.29, 1.82) is 0 Å². The normalized spacial score (nSPS) is 11.6. The molecular weight excluding hydrogens is 392 g/mol. The second kappa shape index (κ2) is 7.28. The molecule has 0 aliphatic rings. The molecule has 0 unspecified atom stereocenters. The molecule has 6 rings (SSSR count). The minimum atomic E-state index is 0.348. The maximum atomic E-state index is 10.9. The van der Waals surface area contributed by atoms with Gasteiger partial charge in [0.1, 0.15) is 11.5 Å². The molecule has 154 valence electrons. The molecular formula is C30H22O2. The van der Waals surface area contributed by atoms with Gasteiger partial charge < -0.3 is 10.2 Å². The lowest BCUT2D eigenvalue weighted by Gasteiger charge is -2.16. The molecule has 0 atom stereocenters. The molecule has 0 saturated carbocycles. The van der Waals surface area contributed by atoms with Gasteiger partial charge in [-0.1, -0.05) is 97.1 Å². The zero-order valence-electron chi connectivity index (χ0n) is 17.5. The van der Waals surface area contributed by atoms with Gasteiger partial charge in [0.15, 0.2) is 0 Å². The Hall–Kier alpha value is -4.04. The highest BCUT2D eigenvalue weighted by Gasteiger charge is 2.16. The van der Waals surface area contributed by atoms with Crippen molar-refractivity contribution in [2.45, 2.75) is 12.8 Å². The van der Waals surface area contributed by atoms with Gasteiger partial charge in [-0.15, -0.1) is 0 Å². The van der Waals surface area contributed by atoms with Crippen LogP contribution in [0.3, 0.4) is 0 Å². The predicted octanol–water partition coefficient (Wildman–Crippen LogP) is 7.50. The summed E-state index contributed by atoms with van der Waals surface area (Å²) in [6, 6.07) is 32.4. The van der Waals surface area contributed by atoms with Crippen LogP contribution in [0, 0.1) is 0 Å². The maximum absolute atomic E-state index is 10.9. The molecule has 0 fully saturated rings. The van der Waals surface area contributed by atoms with Crippen LogP contribution in [0.1, 0.15) is 11.1 Å². The van der Waals surface area contributed by atoms with Crippen molar-refractivity contribution in [3.63, 3.8) is 0 Å². The van der Waals surface area contributed by atoms with Crippen LogP contribution in [0.2, 0.25) is 0 Å². The van der Waals surface area contributed by atoms with E-state index >= 15 is 0 Å². The molecule has 32 heavy (non-hydrogen) atoms. The van der Waals surface area contributed by atoms with Crippen LogP contribution in [-0.2, 0) is 12.8 Å². The van der Waals surface area contributed by atoms with E-state index in [1.165, 1.54) is 11.1 Å². The Labute approximate surface area is 186 Å². The zero-order chi connectivity index (χ0) is 21.7. The van der Waals surface area contributed by atoms with Crippen molar-refractivity contribution < 1.29 is 10.2 Å². The largest absolute Gasteiger partial charge is 0.507 e. The van der Waals surface area contributed by atoms with Gasteiger partial charge in [0.25, 0.3) is 0 Å². The SMILES string of the molecule is Oc1c2ccccc2c(CCc2c3ccccc3c(O)c3ccccc23)c2ccccc12. The van der Waals surface area contributed by atoms with Crippen LogP contribution in [0.25, 0.3) is 43.1 Å². The Balaban J connectivity index is 1.59. The number of rotatable bonds is 3. The fourth-order valence-electron chi connectivity index (χ4n) is 5.18. The van der Waals surface area contributed by atoms with E-state index in [2.05, 4.69) is 24.3 Å². The highest BCUT2D eigenvalue weighted by Crippen LogP contribution is 2.40. The summed E-state index contributed by atoms with van der Waals surface area (Å²) in [5.74, 6) is 0.695. The van der Waals surface area contributed by atoms with Gasteiger partial charge in [-0.25, -0.2) is 0 Å². The summed E-state index contributed by atoms with van der Waals surface area (Å²) in [5.41, 5.74) is 2.49. The molecule has 2 nitrogen and oxygen atoms in total. The second-order valence-corrected chi connectivity index (χ2v) is 8.34. The lowest BCUT2D eigenvalue weighted by Crippen LogP contribution is -1.97. The number of benzene rings is 6. The molecule has 0 bridgehead atoms. The number of phenols is 2. The van der Waals surface area contributed by atoms with Gasteiger partial charge in [0, 0.05) is 21.5 Å². The first-order valence-electron chi connectivity index (χ1n) is 11.0. The lowest BCUT2D eigenvalue weighted by atomic mass is 9.88. The average molecular weight is 415 g/mol. The minimum Gasteiger partial charge on any atom is -0.507 e. The summed E-state index contributed by atoms with van der Waals surface area (Å²) >= 11 is 0. The average Bonchev–Trinajstić information content (AvgIpc) is 2.86. The number of hydrogen-bond donors (Lipinski definition) is 2. The van der Waals surface area contributed by atoms with Crippen molar-refractivity contribution in [3.8, 4) is 11.5 Å². The van der Waals surface area contributed by atoms with E-state index in [1.807, 2.05) is 72.8 Å². The van der Waals surface area contributed by atoms with E-state index in [-0.39, 0.29) is 0 Å². The Kier molecular flexibility index (Phi) is 4.26. The van der Waals surface area contributed by atoms with Gasteiger partial charge in [-0.3, -0.25) is 0 Å². The lowest BCUT2D eigenvalue weighted by molar-refractivity contribution is 0.487. The fourth-order valence-corrected chi connectivity index (χ4v) is 5.18. The summed E-state index contributed by atoms with van der Waals surface area (Å²) in [6.07, 6.45) is 1.67. The molecule has 0 radical (unpaired) electrons. The minimum absolute atomic E-state index is 0.348. The van der Waals surface area contributed by atoms with Gasteiger partial charge in [-0.2, -0.15) is 0 Å². The Morgan fingerprint density at radius 3 is 0.812 bits per heavy atom. The molecule has 0 amide bonds. The molecule has 0 aliphatic heterocycles. The quantitative estimate of drug-likeness (QED) is 0.294. The first-order valence-corrected chi connectivity index (χ1v) is 11.0. The van der Waals surface area contributed by atoms with Crippen molar-refractivity contribution in [2.75, 3.05) is 0 Å². The second-order valence-electron chi connectivity index (χ2n) is 8.34. The maximum Gasteiger partial charge on any atom is 0.131 e. The van der Waals surface area contributed by atoms with E-state index in [9.17, 15) is 10.2 Å². The van der Waals surface area contributed by atoms with E-state index in [0.29, 0.717) is 11.5 Å². The van der Waals surface area contributed by atoms with E-state index in [0.717, 1.165) is 55.9 Å². The van der Waals surface area contributed by atoms with Gasteiger partial charge in [-0.05, 0) is 45.5 Å². The Morgan fingerprint density at radius 1 is 0.344 bits per heavy atom. The fraction of sp³-hybridized carbons (Fsp3) is 0.0667. The van der Waals surface area contributed by atoms with Crippen LogP contribution in [0.5, 0.6) is 11.5 Å². The number of phenolic OH excluding ortho intramolecular Hbond substituents is 2. The third-order valence-corrected chi connectivity index (χ3v) is 6.65. The third-order valence-electron chi connectivity index (χ3n) is 6.65. The predicted molar refractivity (Wildman–Crippen MR) is 134 cm³/mol. The summed E-state index contributed by atoms with van der Waals surface area (Å²) < 4.78 is 0. The Morgan fingerprint density at radius 2 is 0.562 bits per heavy atom. The summed E-state index contributed by atoms with van der Waals surface area (Å²) in [6.45, 7) is 0. The van der Waals surface area contributed by atoms with Gasteiger partial charge in [0.2, 0.25) is 0 Å². The van der Waals surface area contributed by atoms with Crippen LogP contribution in [-0.4, -0.2) is 10.2 Å². The van der Waals surface area contributed by atoms with Crippen molar-refractivity contribution in [3.05, 3.63) is 108 Å². The first kappa shape index (κ1) is 18.7. The Bertz CT molecular complexity index is 1410. The van der Waals surface area contributed by atoms with E-state index in [4.69, 9.17) is 0 Å². The molecule has 2 heteroatoms. The standard InChI is InChI=1S/C30H22O2/c31-29-25-13-5-1-9-19(25)23(20-10-2-6-14-26(20)29)17-18-24-21-11-3-7-15-27(21)30(32)28-16-8-4-12-22(24)28/h1-16,31-32H,17-18H2. The molecule has 0 aromatic heterocycles. The molecule has 0 heterocycles. The molecule has 6 aromatic rings. The monoisotopic (exact) mass is 414 g/mol. The number of fused-ring (bicyclic) bond motifs is 4. The van der Waals surface area contributed by atoms with Gasteiger partial charge >= 0.3 is 0 Å². The number of aryl methyl sites for hydroxylation is 2. The highest BCUT2D eigenvalue weighted by molar-refractivity contribution is 6.09. The summed E-state index contributed by atoms with van der Waals surface area (Å²) in [7, 11) is 0. The van der Waals surface area contributed by atoms with Crippen LogP contribution < -0.4 is 0 Å². The van der Waals surface area contributed by atoms with Gasteiger partial charge in [0.05, 0.1) is 0 Å². The van der Waals surface area contributed by atoms with Crippen LogP contribution in [0.15, 0.2) is 97.1 Å². The van der Waals surface area contributed by atoms with Crippen molar-refractivity contribution >= 4 is 43.1 Å². The zero-order valence-corrected chi connectivity index (χ0v) is 17.5. The van der Waals surface area contributed by atoms with E-state index < -0.39 is 0 Å².